The summed E-state index contributed by atoms with van der Waals surface area (Å²) in [6.07, 6.45) is 13.8. The zero-order valence-electron chi connectivity index (χ0n) is 21.5. The van der Waals surface area contributed by atoms with Gasteiger partial charge in [-0.25, -0.2) is 13.2 Å². The largest absolute Gasteiger partial charge is 0.490 e. The van der Waals surface area contributed by atoms with Gasteiger partial charge in [-0.3, -0.25) is 0 Å². The van der Waals surface area contributed by atoms with Gasteiger partial charge in [-0.15, -0.1) is 0 Å². The van der Waals surface area contributed by atoms with Gasteiger partial charge in [0, 0.05) is 16.7 Å². The molecular weight excluding hydrogens is 464 g/mol. The quantitative estimate of drug-likeness (QED) is 0.207. The van der Waals surface area contributed by atoms with Gasteiger partial charge in [0.15, 0.2) is 23.2 Å². The molecule has 3 atom stereocenters. The van der Waals surface area contributed by atoms with E-state index in [2.05, 4.69) is 19.9 Å². The van der Waals surface area contributed by atoms with Crippen molar-refractivity contribution in [3.8, 4) is 16.9 Å². The molecule has 2 aromatic carbocycles. The SMILES string of the molecule is CCCCCCOc1ccc(-c2ccc(C3=CCC4C(CCCCC)CCC34)c(F)c2F)c(F)c1F. The zero-order chi connectivity index (χ0) is 25.7. The molecule has 3 unspecified atom stereocenters. The lowest BCUT2D eigenvalue weighted by molar-refractivity contribution is 0.285. The van der Waals surface area contributed by atoms with Crippen LogP contribution >= 0.6 is 0 Å². The van der Waals surface area contributed by atoms with Crippen LogP contribution in [0.15, 0.2) is 30.3 Å². The van der Waals surface area contributed by atoms with Gasteiger partial charge in [0.1, 0.15) is 0 Å². The number of benzene rings is 2. The highest BCUT2D eigenvalue weighted by molar-refractivity contribution is 5.74. The second-order valence-electron chi connectivity index (χ2n) is 10.4. The van der Waals surface area contributed by atoms with E-state index < -0.39 is 23.3 Å². The van der Waals surface area contributed by atoms with Crippen molar-refractivity contribution in [3.05, 3.63) is 59.2 Å². The van der Waals surface area contributed by atoms with E-state index in [9.17, 15) is 8.78 Å². The normalized spacial score (nSPS) is 21.1. The number of fused-ring (bicyclic) bond motifs is 1. The van der Waals surface area contributed by atoms with E-state index in [4.69, 9.17) is 4.74 Å². The zero-order valence-corrected chi connectivity index (χ0v) is 21.5. The van der Waals surface area contributed by atoms with Gasteiger partial charge >= 0.3 is 0 Å². The third kappa shape index (κ3) is 5.50. The molecule has 1 fully saturated rings. The van der Waals surface area contributed by atoms with Crippen LogP contribution in [-0.2, 0) is 0 Å². The topological polar surface area (TPSA) is 9.23 Å². The van der Waals surface area contributed by atoms with Gasteiger partial charge in [0.25, 0.3) is 0 Å². The van der Waals surface area contributed by atoms with Gasteiger partial charge in [0.2, 0.25) is 5.82 Å². The highest BCUT2D eigenvalue weighted by Crippen LogP contribution is 2.53. The second-order valence-corrected chi connectivity index (χ2v) is 10.4. The highest BCUT2D eigenvalue weighted by atomic mass is 19.2. The molecule has 0 saturated heterocycles. The Kier molecular flexibility index (Phi) is 9.14. The third-order valence-corrected chi connectivity index (χ3v) is 8.14. The van der Waals surface area contributed by atoms with Crippen molar-refractivity contribution in [3.63, 3.8) is 0 Å². The Morgan fingerprint density at radius 1 is 0.722 bits per heavy atom. The number of ether oxygens (including phenoxy) is 1. The van der Waals surface area contributed by atoms with Gasteiger partial charge in [-0.2, -0.15) is 4.39 Å². The van der Waals surface area contributed by atoms with Crippen molar-refractivity contribution >= 4 is 5.57 Å². The van der Waals surface area contributed by atoms with Crippen molar-refractivity contribution in [1.82, 2.24) is 0 Å². The highest BCUT2D eigenvalue weighted by Gasteiger charge is 2.41. The minimum absolute atomic E-state index is 0.206. The first-order valence-electron chi connectivity index (χ1n) is 13.8. The average Bonchev–Trinajstić information content (AvgIpc) is 3.47. The molecule has 0 aliphatic heterocycles. The van der Waals surface area contributed by atoms with Gasteiger partial charge in [0.05, 0.1) is 6.61 Å². The molecule has 0 aromatic heterocycles. The summed E-state index contributed by atoms with van der Waals surface area (Å²) in [7, 11) is 0. The third-order valence-electron chi connectivity index (χ3n) is 8.14. The summed E-state index contributed by atoms with van der Waals surface area (Å²) in [5.74, 6) is -3.33. The van der Waals surface area contributed by atoms with Crippen LogP contribution in [0.5, 0.6) is 5.75 Å². The van der Waals surface area contributed by atoms with E-state index in [1.54, 1.807) is 0 Å². The minimum atomic E-state index is -1.22. The molecule has 2 aliphatic rings. The maximum Gasteiger partial charge on any atom is 0.201 e. The van der Waals surface area contributed by atoms with E-state index in [-0.39, 0.29) is 35.0 Å². The summed E-state index contributed by atoms with van der Waals surface area (Å²) in [6, 6.07) is 5.46. The lowest BCUT2D eigenvalue weighted by Crippen LogP contribution is -2.12. The number of hydrogen-bond acceptors (Lipinski definition) is 1. The van der Waals surface area contributed by atoms with E-state index in [0.717, 1.165) is 50.5 Å². The minimum Gasteiger partial charge on any atom is -0.490 e. The molecule has 1 saturated carbocycles. The summed E-state index contributed by atoms with van der Waals surface area (Å²) < 4.78 is 65.5. The predicted octanol–water partition coefficient (Wildman–Crippen LogP) is 9.88. The molecule has 4 rings (SSSR count). The number of halogens is 4. The van der Waals surface area contributed by atoms with Crippen molar-refractivity contribution in [2.24, 2.45) is 17.8 Å². The fourth-order valence-electron chi connectivity index (χ4n) is 6.17. The smallest absolute Gasteiger partial charge is 0.201 e. The molecule has 0 bridgehead atoms. The van der Waals surface area contributed by atoms with Crippen LogP contribution in [0.2, 0.25) is 0 Å². The van der Waals surface area contributed by atoms with Gasteiger partial charge in [-0.1, -0.05) is 77.0 Å². The molecule has 0 N–H and O–H groups in total. The molecule has 36 heavy (non-hydrogen) atoms. The second kappa shape index (κ2) is 12.3. The van der Waals surface area contributed by atoms with E-state index in [0.29, 0.717) is 11.8 Å². The molecule has 2 aliphatic carbocycles. The van der Waals surface area contributed by atoms with E-state index in [1.165, 1.54) is 49.9 Å². The average molecular weight is 503 g/mol. The summed E-state index contributed by atoms with van der Waals surface area (Å²) in [5.41, 5.74) is 0.551. The number of hydrogen-bond donors (Lipinski definition) is 0. The maximum absolute atomic E-state index is 15.3. The molecule has 1 nitrogen and oxygen atoms in total. The summed E-state index contributed by atoms with van der Waals surface area (Å²) in [5, 5.41) is 0. The van der Waals surface area contributed by atoms with E-state index >= 15 is 8.78 Å². The summed E-state index contributed by atoms with van der Waals surface area (Å²) >= 11 is 0. The Morgan fingerprint density at radius 2 is 1.36 bits per heavy atom. The van der Waals surface area contributed by atoms with Crippen molar-refractivity contribution < 1.29 is 22.3 Å². The molecule has 0 amide bonds. The first kappa shape index (κ1) is 26.8. The molecule has 196 valence electrons. The van der Waals surface area contributed by atoms with Crippen LogP contribution in [0, 0.1) is 41.0 Å². The standard InChI is InChI=1S/C31H38F4O/c1-3-5-7-9-19-36-27-18-17-26(30(34)31(27)35)25-16-15-24(28(32)29(25)33)23-14-13-21-20(10-8-6-4-2)11-12-22(21)23/h14-18,20-22H,3-13,19H2,1-2H3. The molecule has 2 aromatic rings. The Labute approximate surface area is 212 Å². The van der Waals surface area contributed by atoms with Gasteiger partial charge < -0.3 is 4.74 Å². The summed E-state index contributed by atoms with van der Waals surface area (Å²) in [4.78, 5) is 0. The molecule has 5 heteroatoms. The number of allylic oxidation sites excluding steroid dienone is 2. The van der Waals surface area contributed by atoms with Crippen LogP contribution in [0.4, 0.5) is 17.6 Å². The number of rotatable bonds is 12. The van der Waals surface area contributed by atoms with Crippen molar-refractivity contribution in [2.45, 2.75) is 84.5 Å². The van der Waals surface area contributed by atoms with Crippen LogP contribution in [0.25, 0.3) is 16.7 Å². The van der Waals surface area contributed by atoms with Crippen LogP contribution in [0.3, 0.4) is 0 Å². The first-order valence-corrected chi connectivity index (χ1v) is 13.8. The van der Waals surface area contributed by atoms with Gasteiger partial charge in [-0.05, 0) is 61.1 Å². The Morgan fingerprint density at radius 3 is 2.11 bits per heavy atom. The molecule has 0 spiro atoms. The molecule has 0 heterocycles. The van der Waals surface area contributed by atoms with E-state index in [1.807, 2.05) is 0 Å². The Hall–Kier alpha value is -2.30. The Balaban J connectivity index is 1.50. The lowest BCUT2D eigenvalue weighted by Gasteiger charge is -2.20. The monoisotopic (exact) mass is 502 g/mol. The van der Waals surface area contributed by atoms with Crippen molar-refractivity contribution in [2.75, 3.05) is 6.61 Å². The molecular formula is C31H38F4O. The number of unbranched alkanes of at least 4 members (excludes halogenated alkanes) is 5. The van der Waals surface area contributed by atoms with Crippen molar-refractivity contribution in [1.29, 1.82) is 0 Å². The maximum atomic E-state index is 15.3. The fourth-order valence-corrected chi connectivity index (χ4v) is 6.17. The Bertz CT molecular complexity index is 1080. The predicted molar refractivity (Wildman–Crippen MR) is 138 cm³/mol. The van der Waals surface area contributed by atoms with Crippen LogP contribution < -0.4 is 4.74 Å². The van der Waals surface area contributed by atoms with Crippen LogP contribution in [0.1, 0.15) is 90.0 Å². The lowest BCUT2D eigenvalue weighted by atomic mass is 9.84. The fraction of sp³-hybridized carbons (Fsp3) is 0.548. The molecule has 0 radical (unpaired) electrons. The first-order chi connectivity index (χ1) is 17.5. The summed E-state index contributed by atoms with van der Waals surface area (Å²) in [6.45, 7) is 4.57. The van der Waals surface area contributed by atoms with Crippen LogP contribution in [-0.4, -0.2) is 6.61 Å².